The van der Waals surface area contributed by atoms with Crippen LogP contribution in [0.2, 0.25) is 0 Å². The number of hydrogen-bond acceptors (Lipinski definition) is 3. The first-order valence-corrected chi connectivity index (χ1v) is 6.48. The van der Waals surface area contributed by atoms with Crippen LogP contribution in [0.1, 0.15) is 41.9 Å². The Morgan fingerprint density at radius 3 is 2.78 bits per heavy atom. The molecule has 1 saturated carbocycles. The molecule has 1 heterocycles. The molecule has 1 aromatic heterocycles. The maximum Gasteiger partial charge on any atom is 0.272 e. The van der Waals surface area contributed by atoms with Crippen molar-refractivity contribution in [3.63, 3.8) is 0 Å². The first-order chi connectivity index (χ1) is 8.59. The molecule has 0 saturated heterocycles. The number of amides is 1. The second-order valence-corrected chi connectivity index (χ2v) is 5.00. The molecular weight excluding hydrogens is 228 g/mol. The van der Waals surface area contributed by atoms with Crippen molar-refractivity contribution in [3.8, 4) is 0 Å². The zero-order valence-electron chi connectivity index (χ0n) is 11.0. The van der Waals surface area contributed by atoms with Crippen LogP contribution in [0.4, 0.5) is 0 Å². The standard InChI is InChI=1S/C14H20N2O2/c1-10-6-5-7-11(15-10)14(18)16(2)12-8-3-4-9-13(12)17/h5-7,12-13,17H,3-4,8-9H2,1-2H3. The number of rotatable bonds is 2. The summed E-state index contributed by atoms with van der Waals surface area (Å²) in [7, 11) is 1.76. The minimum Gasteiger partial charge on any atom is -0.391 e. The van der Waals surface area contributed by atoms with Crippen molar-refractivity contribution in [2.45, 2.75) is 44.8 Å². The maximum atomic E-state index is 12.3. The molecular formula is C14H20N2O2. The Hall–Kier alpha value is -1.42. The highest BCUT2D eigenvalue weighted by molar-refractivity contribution is 5.92. The lowest BCUT2D eigenvalue weighted by Gasteiger charge is -2.35. The number of hydrogen-bond donors (Lipinski definition) is 1. The van der Waals surface area contributed by atoms with E-state index in [1.807, 2.05) is 19.1 Å². The molecule has 1 aliphatic carbocycles. The molecule has 18 heavy (non-hydrogen) atoms. The number of carbonyl (C=O) groups excluding carboxylic acids is 1. The highest BCUT2D eigenvalue weighted by Crippen LogP contribution is 2.23. The Labute approximate surface area is 108 Å². The predicted octanol–water partition coefficient (Wildman–Crippen LogP) is 1.77. The second-order valence-electron chi connectivity index (χ2n) is 5.00. The summed E-state index contributed by atoms with van der Waals surface area (Å²) >= 11 is 0. The van der Waals surface area contributed by atoms with E-state index < -0.39 is 6.10 Å². The number of aromatic nitrogens is 1. The first kappa shape index (κ1) is 13.0. The molecule has 2 atom stereocenters. The summed E-state index contributed by atoms with van der Waals surface area (Å²) < 4.78 is 0. The Bertz CT molecular complexity index is 434. The predicted molar refractivity (Wildman–Crippen MR) is 69.3 cm³/mol. The average Bonchev–Trinajstić information content (AvgIpc) is 2.37. The molecule has 4 heteroatoms. The molecule has 0 bridgehead atoms. The van der Waals surface area contributed by atoms with Crippen LogP contribution in [0, 0.1) is 6.92 Å². The van der Waals surface area contributed by atoms with Gasteiger partial charge >= 0.3 is 0 Å². The van der Waals surface area contributed by atoms with Crippen molar-refractivity contribution in [1.29, 1.82) is 0 Å². The van der Waals surface area contributed by atoms with Crippen LogP contribution in [0.25, 0.3) is 0 Å². The number of pyridine rings is 1. The summed E-state index contributed by atoms with van der Waals surface area (Å²) in [4.78, 5) is 18.2. The Morgan fingerprint density at radius 2 is 2.11 bits per heavy atom. The van der Waals surface area contributed by atoms with E-state index in [2.05, 4.69) is 4.98 Å². The Morgan fingerprint density at radius 1 is 1.39 bits per heavy atom. The maximum absolute atomic E-state index is 12.3. The molecule has 0 aromatic carbocycles. The summed E-state index contributed by atoms with van der Waals surface area (Å²) in [5.41, 5.74) is 1.29. The van der Waals surface area contributed by atoms with Gasteiger partial charge in [-0.05, 0) is 31.9 Å². The van der Waals surface area contributed by atoms with Gasteiger partial charge in [0.15, 0.2) is 0 Å². The summed E-state index contributed by atoms with van der Waals surface area (Å²) in [6.07, 6.45) is 3.36. The number of likely N-dealkylation sites (N-methyl/N-ethyl adjacent to an activating group) is 1. The molecule has 4 nitrogen and oxygen atoms in total. The highest BCUT2D eigenvalue weighted by Gasteiger charge is 2.30. The largest absolute Gasteiger partial charge is 0.391 e. The van der Waals surface area contributed by atoms with E-state index in [1.54, 1.807) is 18.0 Å². The van der Waals surface area contributed by atoms with Crippen LogP contribution in [-0.4, -0.2) is 40.1 Å². The van der Waals surface area contributed by atoms with Crippen LogP contribution in [0.15, 0.2) is 18.2 Å². The van der Waals surface area contributed by atoms with E-state index in [-0.39, 0.29) is 11.9 Å². The summed E-state index contributed by atoms with van der Waals surface area (Å²) in [5, 5.41) is 9.98. The SMILES string of the molecule is Cc1cccc(C(=O)N(C)C2CCCCC2O)n1. The van der Waals surface area contributed by atoms with Gasteiger partial charge in [0.05, 0.1) is 12.1 Å². The molecule has 1 aliphatic rings. The van der Waals surface area contributed by atoms with Crippen molar-refractivity contribution in [2.75, 3.05) is 7.05 Å². The van der Waals surface area contributed by atoms with E-state index in [0.717, 1.165) is 31.4 Å². The van der Waals surface area contributed by atoms with Gasteiger partial charge in [-0.2, -0.15) is 0 Å². The van der Waals surface area contributed by atoms with Gasteiger partial charge in [0, 0.05) is 12.7 Å². The van der Waals surface area contributed by atoms with E-state index in [9.17, 15) is 9.90 Å². The van der Waals surface area contributed by atoms with Gasteiger partial charge in [-0.25, -0.2) is 4.98 Å². The summed E-state index contributed by atoms with van der Waals surface area (Å²) in [6, 6.07) is 5.35. The smallest absolute Gasteiger partial charge is 0.272 e. The zero-order valence-corrected chi connectivity index (χ0v) is 11.0. The number of aryl methyl sites for hydroxylation is 1. The fourth-order valence-corrected chi connectivity index (χ4v) is 2.54. The monoisotopic (exact) mass is 248 g/mol. The van der Waals surface area contributed by atoms with Crippen molar-refractivity contribution in [1.82, 2.24) is 9.88 Å². The topological polar surface area (TPSA) is 53.4 Å². The van der Waals surface area contributed by atoms with Gasteiger partial charge in [0.25, 0.3) is 5.91 Å². The molecule has 1 fully saturated rings. The molecule has 2 rings (SSSR count). The third kappa shape index (κ3) is 2.70. The van der Waals surface area contributed by atoms with Gasteiger partial charge in [-0.3, -0.25) is 4.79 Å². The molecule has 1 aromatic rings. The normalized spacial score (nSPS) is 23.7. The van der Waals surface area contributed by atoms with Crippen LogP contribution in [0.3, 0.4) is 0 Å². The fourth-order valence-electron chi connectivity index (χ4n) is 2.54. The highest BCUT2D eigenvalue weighted by atomic mass is 16.3. The van der Waals surface area contributed by atoms with Gasteiger partial charge in [0.1, 0.15) is 5.69 Å². The van der Waals surface area contributed by atoms with Gasteiger partial charge < -0.3 is 10.0 Å². The zero-order chi connectivity index (χ0) is 13.1. The molecule has 0 radical (unpaired) electrons. The third-order valence-corrected chi connectivity index (χ3v) is 3.62. The van der Waals surface area contributed by atoms with Crippen molar-refractivity contribution in [2.24, 2.45) is 0 Å². The summed E-state index contributed by atoms with van der Waals surface area (Å²) in [5.74, 6) is -0.107. The Kier molecular flexibility index (Phi) is 3.97. The number of nitrogens with zero attached hydrogens (tertiary/aromatic N) is 2. The second kappa shape index (κ2) is 5.48. The van der Waals surface area contributed by atoms with Gasteiger partial charge in [-0.1, -0.05) is 18.9 Å². The van der Waals surface area contributed by atoms with Crippen molar-refractivity contribution in [3.05, 3.63) is 29.6 Å². The third-order valence-electron chi connectivity index (χ3n) is 3.62. The fraction of sp³-hybridized carbons (Fsp3) is 0.571. The molecule has 1 N–H and O–H groups in total. The Balaban J connectivity index is 2.13. The van der Waals surface area contributed by atoms with Gasteiger partial charge in [-0.15, -0.1) is 0 Å². The lowest BCUT2D eigenvalue weighted by Crippen LogP contribution is -2.46. The molecule has 0 aliphatic heterocycles. The van der Waals surface area contributed by atoms with Crippen LogP contribution >= 0.6 is 0 Å². The minimum absolute atomic E-state index is 0.0754. The minimum atomic E-state index is -0.405. The molecule has 0 spiro atoms. The number of carbonyl (C=O) groups is 1. The molecule has 2 unspecified atom stereocenters. The average molecular weight is 248 g/mol. The van der Waals surface area contributed by atoms with Crippen LogP contribution < -0.4 is 0 Å². The van der Waals surface area contributed by atoms with E-state index in [4.69, 9.17) is 0 Å². The van der Waals surface area contributed by atoms with Crippen molar-refractivity contribution >= 4 is 5.91 Å². The molecule has 1 amide bonds. The molecule has 98 valence electrons. The lowest BCUT2D eigenvalue weighted by molar-refractivity contribution is 0.0264. The first-order valence-electron chi connectivity index (χ1n) is 6.48. The quantitative estimate of drug-likeness (QED) is 0.867. The summed E-state index contributed by atoms with van der Waals surface area (Å²) in [6.45, 7) is 1.87. The lowest BCUT2D eigenvalue weighted by atomic mass is 9.91. The van der Waals surface area contributed by atoms with E-state index in [1.165, 1.54) is 0 Å². The van der Waals surface area contributed by atoms with E-state index in [0.29, 0.717) is 5.69 Å². The van der Waals surface area contributed by atoms with E-state index >= 15 is 0 Å². The number of aliphatic hydroxyl groups is 1. The number of aliphatic hydroxyl groups excluding tert-OH is 1. The van der Waals surface area contributed by atoms with Crippen LogP contribution in [-0.2, 0) is 0 Å². The van der Waals surface area contributed by atoms with Crippen molar-refractivity contribution < 1.29 is 9.90 Å². The van der Waals surface area contributed by atoms with Crippen LogP contribution in [0.5, 0.6) is 0 Å². The van der Waals surface area contributed by atoms with Gasteiger partial charge in [0.2, 0.25) is 0 Å².